The number of methoxy groups -OCH3 is 1. The largest absolute Gasteiger partial charge is 0.468 e. The minimum atomic E-state index is -0.547. The summed E-state index contributed by atoms with van der Waals surface area (Å²) in [6.45, 7) is 0.146. The Morgan fingerprint density at radius 3 is 2.14 bits per heavy atom. The standard InChI is InChI=1S/C29H32N2O5/c1-35-25(32)15-30-26(33)28-11-18-10-19(12-28)14-29(13-18,17-28)31-27(34)36-16-24-22-8-4-2-6-20(22)21-7-3-5-9-23(21)24/h2-9,18-19,24H,10-17H2,1H3,(H,30,33)(H,31,34)/t18-,19+,28?,29?. The Morgan fingerprint density at radius 1 is 0.917 bits per heavy atom. The highest BCUT2D eigenvalue weighted by molar-refractivity contribution is 5.87. The number of esters is 1. The van der Waals surface area contributed by atoms with Gasteiger partial charge in [-0.1, -0.05) is 48.5 Å². The Balaban J connectivity index is 1.15. The van der Waals surface area contributed by atoms with E-state index in [-0.39, 0.29) is 25.0 Å². The third-order valence-corrected chi connectivity index (χ3v) is 8.87. The van der Waals surface area contributed by atoms with Crippen LogP contribution in [0.3, 0.4) is 0 Å². The molecule has 2 amide bonds. The van der Waals surface area contributed by atoms with E-state index < -0.39 is 23.0 Å². The molecular weight excluding hydrogens is 456 g/mol. The number of hydrogen-bond acceptors (Lipinski definition) is 5. The van der Waals surface area contributed by atoms with Gasteiger partial charge in [0.2, 0.25) is 5.91 Å². The van der Waals surface area contributed by atoms with Crippen molar-refractivity contribution in [2.24, 2.45) is 17.3 Å². The van der Waals surface area contributed by atoms with Gasteiger partial charge in [0.15, 0.2) is 0 Å². The highest BCUT2D eigenvalue weighted by atomic mass is 16.5. The van der Waals surface area contributed by atoms with Gasteiger partial charge >= 0.3 is 12.1 Å². The van der Waals surface area contributed by atoms with Gasteiger partial charge in [-0.3, -0.25) is 9.59 Å². The molecule has 5 aliphatic carbocycles. The van der Waals surface area contributed by atoms with Crippen LogP contribution in [0.4, 0.5) is 4.79 Å². The van der Waals surface area contributed by atoms with Crippen molar-refractivity contribution in [2.45, 2.75) is 50.0 Å². The average molecular weight is 489 g/mol. The smallest absolute Gasteiger partial charge is 0.407 e. The number of nitrogens with one attached hydrogen (secondary N) is 2. The molecule has 0 aliphatic heterocycles. The van der Waals surface area contributed by atoms with Gasteiger partial charge in [-0.05, 0) is 72.6 Å². The van der Waals surface area contributed by atoms with Crippen molar-refractivity contribution in [1.29, 1.82) is 0 Å². The van der Waals surface area contributed by atoms with Crippen LogP contribution in [0, 0.1) is 17.3 Å². The molecule has 0 heterocycles. The number of amides is 2. The first-order valence-corrected chi connectivity index (χ1v) is 12.9. The van der Waals surface area contributed by atoms with Crippen LogP contribution < -0.4 is 10.6 Å². The van der Waals surface area contributed by atoms with Gasteiger partial charge in [0, 0.05) is 11.5 Å². The van der Waals surface area contributed by atoms with E-state index in [9.17, 15) is 14.4 Å². The van der Waals surface area contributed by atoms with Gasteiger partial charge in [0.05, 0.1) is 12.5 Å². The van der Waals surface area contributed by atoms with Gasteiger partial charge < -0.3 is 20.1 Å². The lowest BCUT2D eigenvalue weighted by molar-refractivity contribution is -0.152. The minimum absolute atomic E-state index is 0.00922. The fourth-order valence-corrected chi connectivity index (χ4v) is 7.94. The van der Waals surface area contributed by atoms with E-state index in [1.54, 1.807) is 0 Å². The molecule has 2 unspecified atom stereocenters. The molecule has 36 heavy (non-hydrogen) atoms. The molecule has 7 nitrogen and oxygen atoms in total. The van der Waals surface area contributed by atoms with E-state index in [1.165, 1.54) is 29.4 Å². The summed E-state index contributed by atoms with van der Waals surface area (Å²) >= 11 is 0. The lowest BCUT2D eigenvalue weighted by atomic mass is 9.46. The Bertz CT molecular complexity index is 1160. The van der Waals surface area contributed by atoms with Crippen LogP contribution in [-0.2, 0) is 19.1 Å². The number of benzene rings is 2. The fourth-order valence-electron chi connectivity index (χ4n) is 7.94. The van der Waals surface area contributed by atoms with Crippen molar-refractivity contribution in [3.8, 4) is 11.1 Å². The number of ether oxygens (including phenoxy) is 2. The van der Waals surface area contributed by atoms with Crippen molar-refractivity contribution in [3.63, 3.8) is 0 Å². The zero-order valence-electron chi connectivity index (χ0n) is 20.5. The van der Waals surface area contributed by atoms with Crippen molar-refractivity contribution in [3.05, 3.63) is 59.7 Å². The highest BCUT2D eigenvalue weighted by Gasteiger charge is 2.61. The molecule has 2 aromatic carbocycles. The summed E-state index contributed by atoms with van der Waals surface area (Å²) in [5, 5.41) is 6.00. The topological polar surface area (TPSA) is 93.7 Å². The van der Waals surface area contributed by atoms with Gasteiger partial charge in [-0.15, -0.1) is 0 Å². The fraction of sp³-hybridized carbons (Fsp3) is 0.483. The minimum Gasteiger partial charge on any atom is -0.468 e. The molecule has 4 atom stereocenters. The molecule has 188 valence electrons. The summed E-state index contributed by atoms with van der Waals surface area (Å²) in [4.78, 5) is 37.9. The molecular formula is C29H32N2O5. The quantitative estimate of drug-likeness (QED) is 0.596. The van der Waals surface area contributed by atoms with Crippen molar-refractivity contribution in [2.75, 3.05) is 20.3 Å². The Morgan fingerprint density at radius 2 is 1.53 bits per heavy atom. The highest BCUT2D eigenvalue weighted by Crippen LogP contribution is 2.61. The second-order valence-electron chi connectivity index (χ2n) is 11.2. The first kappa shape index (κ1) is 23.1. The molecule has 7 heteroatoms. The van der Waals surface area contributed by atoms with Crippen LogP contribution >= 0.6 is 0 Å². The lowest BCUT2D eigenvalue weighted by Gasteiger charge is -2.61. The van der Waals surface area contributed by atoms with Crippen molar-refractivity contribution >= 4 is 18.0 Å². The predicted molar refractivity (Wildman–Crippen MR) is 133 cm³/mol. The first-order valence-electron chi connectivity index (χ1n) is 12.9. The van der Waals surface area contributed by atoms with Crippen molar-refractivity contribution < 1.29 is 23.9 Å². The van der Waals surface area contributed by atoms with E-state index in [1.807, 2.05) is 24.3 Å². The number of carbonyl (C=O) groups is 3. The summed E-state index contributed by atoms with van der Waals surface area (Å²) in [6, 6.07) is 16.6. The summed E-state index contributed by atoms with van der Waals surface area (Å²) in [6.07, 6.45) is 4.64. The Kier molecular flexibility index (Phi) is 5.54. The zero-order chi connectivity index (χ0) is 24.9. The Hall–Kier alpha value is -3.35. The SMILES string of the molecule is COC(=O)CNC(=O)C12C[C@@H]3C[C@@H](CC(NC(=O)OCC4c5ccccc5-c5ccccc54)(C3)C1)C2. The van der Waals surface area contributed by atoms with E-state index in [0.717, 1.165) is 32.1 Å². The number of hydrogen-bond donors (Lipinski definition) is 2. The van der Waals surface area contributed by atoms with Crippen LogP contribution in [0.5, 0.6) is 0 Å². The van der Waals surface area contributed by atoms with Crippen LogP contribution in [-0.4, -0.2) is 43.8 Å². The third kappa shape index (κ3) is 3.85. The van der Waals surface area contributed by atoms with E-state index in [4.69, 9.17) is 4.74 Å². The number of carbonyl (C=O) groups excluding carboxylic acids is 3. The summed E-state index contributed by atoms with van der Waals surface area (Å²) in [7, 11) is 1.31. The molecule has 0 aromatic heterocycles. The van der Waals surface area contributed by atoms with Gasteiger partial charge in [0.25, 0.3) is 0 Å². The number of alkyl carbamates (subject to hydrolysis) is 1. The normalized spacial score (nSPS) is 29.2. The molecule has 0 saturated heterocycles. The second kappa shape index (κ2) is 8.64. The maximum atomic E-state index is 13.2. The summed E-state index contributed by atoms with van der Waals surface area (Å²) in [5.41, 5.74) is 3.78. The summed E-state index contributed by atoms with van der Waals surface area (Å²) in [5.74, 6) is 0.239. The predicted octanol–water partition coefficient (Wildman–Crippen LogP) is 4.15. The monoisotopic (exact) mass is 488 g/mol. The molecule has 2 aromatic rings. The zero-order valence-corrected chi connectivity index (χ0v) is 20.5. The van der Waals surface area contributed by atoms with E-state index in [0.29, 0.717) is 18.3 Å². The van der Waals surface area contributed by atoms with E-state index in [2.05, 4.69) is 39.6 Å². The molecule has 4 bridgehead atoms. The molecule has 2 N–H and O–H groups in total. The van der Waals surface area contributed by atoms with Gasteiger partial charge in [-0.2, -0.15) is 0 Å². The maximum Gasteiger partial charge on any atom is 0.407 e. The molecule has 4 saturated carbocycles. The van der Waals surface area contributed by atoms with Gasteiger partial charge in [-0.25, -0.2) is 4.79 Å². The van der Waals surface area contributed by atoms with Crippen LogP contribution in [0.2, 0.25) is 0 Å². The van der Waals surface area contributed by atoms with Crippen LogP contribution in [0.1, 0.15) is 55.6 Å². The van der Waals surface area contributed by atoms with E-state index >= 15 is 0 Å². The summed E-state index contributed by atoms with van der Waals surface area (Å²) < 4.78 is 10.5. The maximum absolute atomic E-state index is 13.2. The Labute approximate surface area is 210 Å². The molecule has 5 aliphatic rings. The van der Waals surface area contributed by atoms with Crippen LogP contribution in [0.15, 0.2) is 48.5 Å². The second-order valence-corrected chi connectivity index (χ2v) is 11.2. The number of fused-ring (bicyclic) bond motifs is 3. The third-order valence-electron chi connectivity index (χ3n) is 8.87. The van der Waals surface area contributed by atoms with Crippen LogP contribution in [0.25, 0.3) is 11.1 Å². The lowest BCUT2D eigenvalue weighted by Crippen LogP contribution is -2.66. The molecule has 4 fully saturated rings. The average Bonchev–Trinajstić information content (AvgIpc) is 3.18. The van der Waals surface area contributed by atoms with Crippen molar-refractivity contribution in [1.82, 2.24) is 10.6 Å². The first-order chi connectivity index (χ1) is 17.4. The molecule has 0 spiro atoms. The molecule has 7 rings (SSSR count). The number of rotatable bonds is 6. The van der Waals surface area contributed by atoms with Gasteiger partial charge in [0.1, 0.15) is 13.2 Å². The molecule has 0 radical (unpaired) electrons.